The first kappa shape index (κ1) is 11.5. The highest BCUT2D eigenvalue weighted by Crippen LogP contribution is 2.34. The van der Waals surface area contributed by atoms with Gasteiger partial charge in [-0.3, -0.25) is 0 Å². The maximum absolute atomic E-state index is 5.95. The van der Waals surface area contributed by atoms with Gasteiger partial charge in [-0.2, -0.15) is 0 Å². The number of hydrogen-bond donors (Lipinski definition) is 1. The molecule has 13 heavy (non-hydrogen) atoms. The van der Waals surface area contributed by atoms with Gasteiger partial charge in [0.1, 0.15) is 4.34 Å². The molecule has 0 bridgehead atoms. The molecule has 0 aromatic carbocycles. The summed E-state index contributed by atoms with van der Waals surface area (Å²) in [5.74, 6) is 0. The molecule has 0 saturated heterocycles. The molecule has 1 N–H and O–H groups in total. The summed E-state index contributed by atoms with van der Waals surface area (Å²) in [5.41, 5.74) is 0. The fourth-order valence-corrected chi connectivity index (χ4v) is 2.80. The topological polar surface area (TPSA) is 12.0 Å². The Hall–Kier alpha value is 0.430. The van der Waals surface area contributed by atoms with Crippen LogP contribution in [0.25, 0.3) is 0 Å². The van der Waals surface area contributed by atoms with Crippen molar-refractivity contribution >= 4 is 38.9 Å². The number of thiophene rings is 1. The minimum Gasteiger partial charge on any atom is -0.309 e. The maximum atomic E-state index is 5.95. The van der Waals surface area contributed by atoms with Crippen molar-refractivity contribution in [3.05, 3.63) is 19.8 Å². The Morgan fingerprint density at radius 2 is 2.38 bits per heavy atom. The van der Waals surface area contributed by atoms with Crippen molar-refractivity contribution in [2.24, 2.45) is 0 Å². The lowest BCUT2D eigenvalue weighted by molar-refractivity contribution is 0.578. The van der Waals surface area contributed by atoms with Crippen molar-refractivity contribution in [3.63, 3.8) is 0 Å². The zero-order valence-corrected chi connectivity index (χ0v) is 10.9. The molecule has 1 aromatic heterocycles. The van der Waals surface area contributed by atoms with Gasteiger partial charge < -0.3 is 5.32 Å². The van der Waals surface area contributed by atoms with Gasteiger partial charge in [0.2, 0.25) is 0 Å². The Morgan fingerprint density at radius 1 is 1.69 bits per heavy atom. The van der Waals surface area contributed by atoms with Crippen LogP contribution in [0.15, 0.2) is 10.5 Å². The summed E-state index contributed by atoms with van der Waals surface area (Å²) in [6, 6.07) is 2.48. The van der Waals surface area contributed by atoms with Gasteiger partial charge in [0.25, 0.3) is 0 Å². The molecule has 0 amide bonds. The van der Waals surface area contributed by atoms with E-state index in [-0.39, 0.29) is 0 Å². The van der Waals surface area contributed by atoms with E-state index in [0.717, 1.165) is 21.8 Å². The standard InChI is InChI=1S/C9H13BrClNS/c1-3-4-12-6(2)8-5-7(10)9(11)13-8/h5-6,12H,3-4H2,1-2H3. The highest BCUT2D eigenvalue weighted by molar-refractivity contribution is 9.10. The molecule has 1 unspecified atom stereocenters. The molecule has 0 aliphatic rings. The van der Waals surface area contributed by atoms with Gasteiger partial charge in [-0.05, 0) is 41.9 Å². The highest BCUT2D eigenvalue weighted by Gasteiger charge is 2.10. The summed E-state index contributed by atoms with van der Waals surface area (Å²) in [7, 11) is 0. The number of rotatable bonds is 4. The molecule has 74 valence electrons. The van der Waals surface area contributed by atoms with E-state index in [0.29, 0.717) is 6.04 Å². The van der Waals surface area contributed by atoms with Crippen molar-refractivity contribution in [1.82, 2.24) is 5.32 Å². The van der Waals surface area contributed by atoms with Gasteiger partial charge in [0.05, 0.1) is 0 Å². The zero-order chi connectivity index (χ0) is 9.84. The van der Waals surface area contributed by atoms with Crippen LogP contribution in [0, 0.1) is 0 Å². The van der Waals surface area contributed by atoms with Gasteiger partial charge >= 0.3 is 0 Å². The Balaban J connectivity index is 2.60. The molecule has 0 fully saturated rings. The Kier molecular flexibility index (Phi) is 4.73. The molecule has 0 saturated carbocycles. The van der Waals surface area contributed by atoms with E-state index in [9.17, 15) is 0 Å². The van der Waals surface area contributed by atoms with E-state index in [1.807, 2.05) is 0 Å². The van der Waals surface area contributed by atoms with Crippen LogP contribution >= 0.6 is 38.9 Å². The Bertz CT molecular complexity index is 255. The van der Waals surface area contributed by atoms with Crippen LogP contribution in [-0.2, 0) is 0 Å². The minimum absolute atomic E-state index is 0.397. The molecular formula is C9H13BrClNS. The molecule has 4 heteroatoms. The summed E-state index contributed by atoms with van der Waals surface area (Å²) in [5, 5.41) is 3.42. The lowest BCUT2D eigenvalue weighted by Gasteiger charge is -2.10. The summed E-state index contributed by atoms with van der Waals surface area (Å²) >= 11 is 11.0. The predicted molar refractivity (Wildman–Crippen MR) is 63.7 cm³/mol. The summed E-state index contributed by atoms with van der Waals surface area (Å²) in [6.07, 6.45) is 1.16. The number of nitrogens with one attached hydrogen (secondary N) is 1. The predicted octanol–water partition coefficient (Wildman–Crippen LogP) is 4.22. The van der Waals surface area contributed by atoms with E-state index in [2.05, 4.69) is 41.2 Å². The first-order valence-corrected chi connectivity index (χ1v) is 6.32. The second-order valence-electron chi connectivity index (χ2n) is 2.95. The third kappa shape index (κ3) is 3.24. The summed E-state index contributed by atoms with van der Waals surface area (Å²) in [4.78, 5) is 1.28. The minimum atomic E-state index is 0.397. The quantitative estimate of drug-likeness (QED) is 0.871. The smallest absolute Gasteiger partial charge is 0.107 e. The molecule has 0 radical (unpaired) electrons. The molecule has 1 aromatic rings. The zero-order valence-electron chi connectivity index (χ0n) is 7.73. The van der Waals surface area contributed by atoms with Crippen LogP contribution in [0.4, 0.5) is 0 Å². The fourth-order valence-electron chi connectivity index (χ4n) is 1.04. The second kappa shape index (κ2) is 5.35. The number of hydrogen-bond acceptors (Lipinski definition) is 2. The van der Waals surface area contributed by atoms with Crippen molar-refractivity contribution < 1.29 is 0 Å². The second-order valence-corrected chi connectivity index (χ2v) is 5.49. The van der Waals surface area contributed by atoms with Crippen LogP contribution in [0.3, 0.4) is 0 Å². The fraction of sp³-hybridized carbons (Fsp3) is 0.556. The van der Waals surface area contributed by atoms with Crippen LogP contribution in [0.5, 0.6) is 0 Å². The first-order valence-electron chi connectivity index (χ1n) is 4.33. The Labute approximate surface area is 96.6 Å². The van der Waals surface area contributed by atoms with Gasteiger partial charge in [0.15, 0.2) is 0 Å². The molecular weight excluding hydrogens is 270 g/mol. The van der Waals surface area contributed by atoms with E-state index in [1.54, 1.807) is 11.3 Å². The molecule has 1 nitrogen and oxygen atoms in total. The van der Waals surface area contributed by atoms with E-state index in [1.165, 1.54) is 4.88 Å². The van der Waals surface area contributed by atoms with Crippen LogP contribution in [0.2, 0.25) is 4.34 Å². The monoisotopic (exact) mass is 281 g/mol. The van der Waals surface area contributed by atoms with Gasteiger partial charge in [0, 0.05) is 15.4 Å². The number of halogens is 2. The lowest BCUT2D eigenvalue weighted by atomic mass is 10.2. The van der Waals surface area contributed by atoms with Gasteiger partial charge in [-0.1, -0.05) is 18.5 Å². The molecule has 0 aliphatic heterocycles. The van der Waals surface area contributed by atoms with Crippen molar-refractivity contribution in [3.8, 4) is 0 Å². The van der Waals surface area contributed by atoms with Gasteiger partial charge in [-0.25, -0.2) is 0 Å². The average molecular weight is 283 g/mol. The highest BCUT2D eigenvalue weighted by atomic mass is 79.9. The third-order valence-corrected chi connectivity index (χ3v) is 4.45. The molecule has 0 spiro atoms. The van der Waals surface area contributed by atoms with Crippen molar-refractivity contribution in [2.45, 2.75) is 26.3 Å². The van der Waals surface area contributed by atoms with Gasteiger partial charge in [-0.15, -0.1) is 11.3 Å². The molecule has 1 atom stereocenters. The summed E-state index contributed by atoms with van der Waals surface area (Å²) in [6.45, 7) is 5.37. The average Bonchev–Trinajstić information content (AvgIpc) is 2.43. The molecule has 1 rings (SSSR count). The van der Waals surface area contributed by atoms with Crippen LogP contribution in [0.1, 0.15) is 31.2 Å². The van der Waals surface area contributed by atoms with E-state index >= 15 is 0 Å². The van der Waals surface area contributed by atoms with Crippen molar-refractivity contribution in [2.75, 3.05) is 6.54 Å². The van der Waals surface area contributed by atoms with E-state index in [4.69, 9.17) is 11.6 Å². The van der Waals surface area contributed by atoms with Crippen molar-refractivity contribution in [1.29, 1.82) is 0 Å². The lowest BCUT2D eigenvalue weighted by Crippen LogP contribution is -2.18. The Morgan fingerprint density at radius 3 is 2.85 bits per heavy atom. The SMILES string of the molecule is CCCNC(C)c1cc(Br)c(Cl)s1. The normalized spacial score (nSPS) is 13.2. The third-order valence-electron chi connectivity index (χ3n) is 1.79. The first-order chi connectivity index (χ1) is 6.15. The largest absolute Gasteiger partial charge is 0.309 e. The van der Waals surface area contributed by atoms with Crippen LogP contribution < -0.4 is 5.32 Å². The summed E-state index contributed by atoms with van der Waals surface area (Å²) < 4.78 is 1.83. The maximum Gasteiger partial charge on any atom is 0.107 e. The van der Waals surface area contributed by atoms with E-state index < -0.39 is 0 Å². The van der Waals surface area contributed by atoms with Crippen LogP contribution in [-0.4, -0.2) is 6.54 Å². The molecule has 1 heterocycles. The molecule has 0 aliphatic carbocycles.